The standard InChI is InChI=1S/C59H91NO15/c1-36-17-12-11-13-18-37(2)50(73-35-46-25-28-71-46)33-45-23-21-42(7)59(68,75-45)56(65)57(66)60-26-15-14-19-47(60)58(67)74-51(34-48(61)39(4)30-41(6)54(64)55(70-10)43(8)38(3)29-36)40(5)31-44-22-24-49(52(32-44)69-9)72-27-16-20-53(62)63/h11-13,17-18,30,36,38-40,42,44-47,49-52,54-55,64,68H,8,14-16,19-29,31-35H2,1-7,9-10H3,(H,62,63)/b13-11+,17-12+,37-18+,41-30+. The average molecular weight is 1050 g/mol. The van der Waals surface area contributed by atoms with E-state index >= 15 is 0 Å². The molecule has 75 heavy (non-hydrogen) atoms. The van der Waals surface area contributed by atoms with Gasteiger partial charge in [-0.3, -0.25) is 19.2 Å². The Kier molecular flexibility index (Phi) is 24.6. The first-order valence-corrected chi connectivity index (χ1v) is 27.8. The van der Waals surface area contributed by atoms with Crippen molar-refractivity contribution in [1.29, 1.82) is 0 Å². The maximum atomic E-state index is 14.6. The van der Waals surface area contributed by atoms with Crippen LogP contribution in [-0.2, 0) is 57.1 Å². The molecule has 0 aromatic rings. The lowest BCUT2D eigenvalue weighted by atomic mass is 9.78. The number of carbonyl (C=O) groups is 5. The predicted molar refractivity (Wildman–Crippen MR) is 283 cm³/mol. The molecule has 4 heterocycles. The summed E-state index contributed by atoms with van der Waals surface area (Å²) in [7, 11) is 3.16. The Balaban J connectivity index is 1.45. The lowest BCUT2D eigenvalue weighted by molar-refractivity contribution is -0.266. The highest BCUT2D eigenvalue weighted by Gasteiger charge is 2.53. The van der Waals surface area contributed by atoms with Crippen molar-refractivity contribution < 1.29 is 72.5 Å². The number of aliphatic hydroxyl groups excluding tert-OH is 1. The van der Waals surface area contributed by atoms with E-state index in [9.17, 15) is 34.2 Å². The van der Waals surface area contributed by atoms with Crippen LogP contribution in [0.25, 0.3) is 0 Å². The van der Waals surface area contributed by atoms with Gasteiger partial charge in [-0.2, -0.15) is 0 Å². The Morgan fingerprint density at radius 3 is 2.33 bits per heavy atom. The Bertz CT molecular complexity index is 2040. The number of rotatable bonds is 13. The normalized spacial score (nSPS) is 38.4. The number of nitrogens with zero attached hydrogens (tertiary/aromatic N) is 1. The highest BCUT2D eigenvalue weighted by Crippen LogP contribution is 2.38. The minimum absolute atomic E-state index is 0.0155. The van der Waals surface area contributed by atoms with Gasteiger partial charge in [-0.05, 0) is 131 Å². The molecule has 5 aliphatic rings. The predicted octanol–water partition coefficient (Wildman–Crippen LogP) is 8.22. The molecule has 0 aromatic heterocycles. The second kappa shape index (κ2) is 29.8. The zero-order valence-corrected chi connectivity index (χ0v) is 46.5. The number of hydrogen-bond donors (Lipinski definition) is 3. The molecule has 422 valence electrons. The molecule has 1 saturated carbocycles. The summed E-state index contributed by atoms with van der Waals surface area (Å²) in [5.74, 6) is -7.96. The monoisotopic (exact) mass is 1050 g/mol. The van der Waals surface area contributed by atoms with Gasteiger partial charge in [0.1, 0.15) is 30.1 Å². The molecule has 0 spiro atoms. The Hall–Kier alpha value is -3.87. The number of amides is 1. The molecule has 4 aliphatic heterocycles. The zero-order valence-electron chi connectivity index (χ0n) is 46.5. The number of carboxylic acids is 1. The van der Waals surface area contributed by atoms with Gasteiger partial charge in [-0.1, -0.05) is 77.7 Å². The van der Waals surface area contributed by atoms with E-state index in [2.05, 4.69) is 26.5 Å². The van der Waals surface area contributed by atoms with Crippen LogP contribution in [0.4, 0.5) is 0 Å². The van der Waals surface area contributed by atoms with Crippen LogP contribution in [0.2, 0.25) is 0 Å². The maximum Gasteiger partial charge on any atom is 0.329 e. The Morgan fingerprint density at radius 2 is 1.65 bits per heavy atom. The molecular weight excluding hydrogens is 963 g/mol. The molecule has 5 rings (SSSR count). The molecule has 1 aliphatic carbocycles. The number of esters is 1. The fourth-order valence-corrected chi connectivity index (χ4v) is 11.4. The third-order valence-corrected chi connectivity index (χ3v) is 16.5. The van der Waals surface area contributed by atoms with Gasteiger partial charge in [0.25, 0.3) is 11.7 Å². The van der Waals surface area contributed by atoms with Gasteiger partial charge in [-0.25, -0.2) is 4.79 Å². The molecule has 4 fully saturated rings. The largest absolute Gasteiger partial charge is 0.481 e. The summed E-state index contributed by atoms with van der Waals surface area (Å²) < 4.78 is 42.6. The molecule has 3 saturated heterocycles. The zero-order chi connectivity index (χ0) is 55.0. The Morgan fingerprint density at radius 1 is 0.907 bits per heavy atom. The van der Waals surface area contributed by atoms with Crippen molar-refractivity contribution in [2.45, 2.75) is 205 Å². The summed E-state index contributed by atoms with van der Waals surface area (Å²) >= 11 is 0. The molecule has 16 atom stereocenters. The van der Waals surface area contributed by atoms with Crippen molar-refractivity contribution in [3.63, 3.8) is 0 Å². The smallest absolute Gasteiger partial charge is 0.329 e. The molecule has 0 aromatic carbocycles. The second-order valence-electron chi connectivity index (χ2n) is 22.5. The lowest BCUT2D eigenvalue weighted by Crippen LogP contribution is -2.61. The number of aliphatic hydroxyl groups is 2. The number of allylic oxidation sites excluding steroid dienone is 6. The fraction of sp³-hybridized carbons (Fsp3) is 0.746. The van der Waals surface area contributed by atoms with E-state index in [1.807, 2.05) is 38.2 Å². The minimum atomic E-state index is -2.46. The van der Waals surface area contributed by atoms with Crippen molar-refractivity contribution in [2.24, 2.45) is 35.5 Å². The van der Waals surface area contributed by atoms with Crippen molar-refractivity contribution in [1.82, 2.24) is 4.90 Å². The van der Waals surface area contributed by atoms with Gasteiger partial charge in [0, 0.05) is 65.1 Å². The number of fused-ring (bicyclic) bond motifs is 3. The van der Waals surface area contributed by atoms with E-state index in [-0.39, 0.29) is 73.6 Å². The Labute approximate surface area is 446 Å². The molecule has 16 nitrogen and oxygen atoms in total. The number of carboxylic acid groups (broad SMARTS) is 1. The number of hydrogen-bond acceptors (Lipinski definition) is 14. The molecular formula is C59H91NO15. The van der Waals surface area contributed by atoms with E-state index in [1.165, 1.54) is 12.0 Å². The van der Waals surface area contributed by atoms with Crippen LogP contribution in [0.5, 0.6) is 0 Å². The number of Topliss-reactive ketones (excluding diaryl/α,β-unsaturated/α-hetero) is 2. The van der Waals surface area contributed by atoms with Gasteiger partial charge in [0.05, 0.1) is 37.1 Å². The van der Waals surface area contributed by atoms with E-state index in [0.29, 0.717) is 83.2 Å². The topological polar surface area (TPSA) is 214 Å². The van der Waals surface area contributed by atoms with Crippen molar-refractivity contribution in [3.8, 4) is 0 Å². The van der Waals surface area contributed by atoms with Gasteiger partial charge >= 0.3 is 11.9 Å². The van der Waals surface area contributed by atoms with Crippen LogP contribution in [0, 0.1) is 35.5 Å². The van der Waals surface area contributed by atoms with Crippen LogP contribution < -0.4 is 0 Å². The third kappa shape index (κ3) is 17.6. The number of ether oxygens (including phenoxy) is 7. The van der Waals surface area contributed by atoms with E-state index in [4.69, 9.17) is 38.3 Å². The summed E-state index contributed by atoms with van der Waals surface area (Å²) in [6.07, 6.45) is 14.5. The van der Waals surface area contributed by atoms with Crippen LogP contribution in [-0.4, -0.2) is 151 Å². The molecule has 0 radical (unpaired) electrons. The van der Waals surface area contributed by atoms with Gasteiger partial charge in [0.2, 0.25) is 5.79 Å². The van der Waals surface area contributed by atoms with Crippen molar-refractivity contribution in [2.75, 3.05) is 40.6 Å². The number of methoxy groups -OCH3 is 2. The van der Waals surface area contributed by atoms with Gasteiger partial charge < -0.3 is 53.4 Å². The van der Waals surface area contributed by atoms with Crippen LogP contribution >= 0.6 is 0 Å². The molecule has 1 amide bonds. The summed E-state index contributed by atoms with van der Waals surface area (Å²) in [5.41, 5.74) is 2.17. The third-order valence-electron chi connectivity index (χ3n) is 16.5. The fourth-order valence-electron chi connectivity index (χ4n) is 11.4. The van der Waals surface area contributed by atoms with Crippen molar-refractivity contribution >= 4 is 29.4 Å². The van der Waals surface area contributed by atoms with E-state index in [0.717, 1.165) is 30.4 Å². The number of cyclic esters (lactones) is 1. The highest BCUT2D eigenvalue weighted by molar-refractivity contribution is 6.39. The molecule has 3 N–H and O–H groups in total. The van der Waals surface area contributed by atoms with Gasteiger partial charge in [-0.15, -0.1) is 0 Å². The summed E-state index contributed by atoms with van der Waals surface area (Å²) in [5, 5.41) is 33.0. The van der Waals surface area contributed by atoms with Crippen LogP contribution in [0.15, 0.2) is 59.8 Å². The SMILES string of the molecule is C=C1C(C)CC(C)/C=C/C=C/C=C(\C)C(OCC2CCO2)CC2CCC(C)C(O)(O2)C(=O)C(=O)N2CCCCC2C(=O)OC(C(C)CC2CCC(OCCCC(=O)O)C(OC)C2)CC(=O)C(C)/C=C(\C)C(O)C1OC. The number of ketones is 2. The number of carbonyl (C=O) groups excluding carboxylic acids is 4. The quantitative estimate of drug-likeness (QED) is 0.0686. The summed E-state index contributed by atoms with van der Waals surface area (Å²) in [6, 6.07) is -1.15. The molecule has 2 bridgehead atoms. The summed E-state index contributed by atoms with van der Waals surface area (Å²) in [6.45, 7) is 19.1. The molecule has 16 heteroatoms. The van der Waals surface area contributed by atoms with E-state index < -0.39 is 77.8 Å². The minimum Gasteiger partial charge on any atom is -0.481 e. The van der Waals surface area contributed by atoms with E-state index in [1.54, 1.807) is 34.0 Å². The maximum absolute atomic E-state index is 14.6. The van der Waals surface area contributed by atoms with Crippen LogP contribution in [0.1, 0.15) is 145 Å². The first-order chi connectivity index (χ1) is 35.7. The second-order valence-corrected chi connectivity index (χ2v) is 22.5. The summed E-state index contributed by atoms with van der Waals surface area (Å²) in [4.78, 5) is 70.2. The number of aliphatic carboxylic acids is 1. The average Bonchev–Trinajstić information content (AvgIpc) is 3.36. The first kappa shape index (κ1) is 62.0. The highest BCUT2D eigenvalue weighted by atomic mass is 16.6. The number of piperidine rings is 1. The first-order valence-electron chi connectivity index (χ1n) is 27.8. The van der Waals surface area contributed by atoms with Gasteiger partial charge in [0.15, 0.2) is 0 Å². The lowest BCUT2D eigenvalue weighted by Gasteiger charge is -2.43. The van der Waals surface area contributed by atoms with Crippen LogP contribution in [0.3, 0.4) is 0 Å². The van der Waals surface area contributed by atoms with Crippen molar-refractivity contribution in [3.05, 3.63) is 59.8 Å². The molecule has 16 unspecified atom stereocenters.